The molecular weight excluding hydrogens is 264 g/mol. The molecule has 0 bridgehead atoms. The van der Waals surface area contributed by atoms with Crippen LogP contribution in [0.25, 0.3) is 0 Å². The van der Waals surface area contributed by atoms with Crippen LogP contribution < -0.4 is 5.56 Å². The Morgan fingerprint density at radius 3 is 2.94 bits per heavy atom. The van der Waals surface area contributed by atoms with E-state index in [-0.39, 0.29) is 5.56 Å². The van der Waals surface area contributed by atoms with E-state index < -0.39 is 0 Å². The van der Waals surface area contributed by atoms with Crippen LogP contribution in [0.1, 0.15) is 49.2 Å². The number of aromatic amines is 1. The van der Waals surface area contributed by atoms with Crippen molar-refractivity contribution in [3.8, 4) is 0 Å². The molecule has 0 amide bonds. The standard InChI is InChI=1S/C13H18N2OS2/c16-13-10-6-17-7-11(10)14-12(15-13)8-18-9-4-2-1-3-5-9/h9H,1-8H2,(H,14,15,16). The maximum atomic E-state index is 11.9. The van der Waals surface area contributed by atoms with Gasteiger partial charge in [0.25, 0.3) is 5.56 Å². The van der Waals surface area contributed by atoms with Crippen LogP contribution in [0.15, 0.2) is 4.79 Å². The highest BCUT2D eigenvalue weighted by Gasteiger charge is 2.19. The summed E-state index contributed by atoms with van der Waals surface area (Å²) < 4.78 is 0. The fourth-order valence-electron chi connectivity index (χ4n) is 2.61. The van der Waals surface area contributed by atoms with Crippen molar-refractivity contribution in [1.82, 2.24) is 9.97 Å². The first-order chi connectivity index (χ1) is 8.83. The fraction of sp³-hybridized carbons (Fsp3) is 0.692. The molecule has 0 radical (unpaired) electrons. The predicted molar refractivity (Wildman–Crippen MR) is 78.0 cm³/mol. The van der Waals surface area contributed by atoms with Gasteiger partial charge in [0.2, 0.25) is 0 Å². The van der Waals surface area contributed by atoms with Crippen molar-refractivity contribution >= 4 is 23.5 Å². The lowest BCUT2D eigenvalue weighted by Crippen LogP contribution is -2.17. The quantitative estimate of drug-likeness (QED) is 0.925. The van der Waals surface area contributed by atoms with Crippen LogP contribution in [0.3, 0.4) is 0 Å². The van der Waals surface area contributed by atoms with Gasteiger partial charge < -0.3 is 4.98 Å². The molecule has 98 valence electrons. The molecule has 1 aromatic rings. The Morgan fingerprint density at radius 2 is 2.11 bits per heavy atom. The minimum atomic E-state index is 0.0873. The second kappa shape index (κ2) is 5.70. The van der Waals surface area contributed by atoms with Crippen molar-refractivity contribution in [2.75, 3.05) is 0 Å². The lowest BCUT2D eigenvalue weighted by atomic mass is 10.0. The number of hydrogen-bond acceptors (Lipinski definition) is 4. The zero-order valence-electron chi connectivity index (χ0n) is 10.4. The summed E-state index contributed by atoms with van der Waals surface area (Å²) in [4.78, 5) is 19.4. The molecule has 1 fully saturated rings. The normalized spacial score (nSPS) is 20.0. The third-order valence-corrected chi connectivity index (χ3v) is 6.00. The molecule has 1 aliphatic carbocycles. The Morgan fingerprint density at radius 1 is 1.28 bits per heavy atom. The van der Waals surface area contributed by atoms with Crippen LogP contribution in [0, 0.1) is 0 Å². The van der Waals surface area contributed by atoms with E-state index in [9.17, 15) is 4.79 Å². The zero-order chi connectivity index (χ0) is 12.4. The van der Waals surface area contributed by atoms with E-state index in [1.54, 1.807) is 11.8 Å². The molecular formula is C13H18N2OS2. The van der Waals surface area contributed by atoms with Gasteiger partial charge in [0.1, 0.15) is 5.82 Å². The molecule has 1 saturated carbocycles. The molecule has 0 aromatic carbocycles. The first-order valence-electron chi connectivity index (χ1n) is 6.63. The second-order valence-corrected chi connectivity index (χ2v) is 7.28. The van der Waals surface area contributed by atoms with Crippen LogP contribution in [0.2, 0.25) is 0 Å². The highest BCUT2D eigenvalue weighted by Crippen LogP contribution is 2.30. The van der Waals surface area contributed by atoms with Gasteiger partial charge in [0.05, 0.1) is 11.4 Å². The number of aromatic nitrogens is 2. The molecule has 0 unspecified atom stereocenters. The zero-order valence-corrected chi connectivity index (χ0v) is 12.0. The second-order valence-electron chi connectivity index (χ2n) is 5.00. The molecule has 0 atom stereocenters. The number of rotatable bonds is 3. The summed E-state index contributed by atoms with van der Waals surface area (Å²) in [7, 11) is 0. The average molecular weight is 282 g/mol. The maximum Gasteiger partial charge on any atom is 0.255 e. The van der Waals surface area contributed by atoms with Gasteiger partial charge >= 0.3 is 0 Å². The number of thioether (sulfide) groups is 2. The van der Waals surface area contributed by atoms with Crippen molar-refractivity contribution in [3.63, 3.8) is 0 Å². The lowest BCUT2D eigenvalue weighted by molar-refractivity contribution is 0.516. The van der Waals surface area contributed by atoms with E-state index in [2.05, 4.69) is 9.97 Å². The van der Waals surface area contributed by atoms with E-state index in [1.807, 2.05) is 11.8 Å². The van der Waals surface area contributed by atoms with Crippen molar-refractivity contribution in [2.24, 2.45) is 0 Å². The Labute approximate surface area is 116 Å². The smallest absolute Gasteiger partial charge is 0.255 e. The van der Waals surface area contributed by atoms with Gasteiger partial charge in [0.15, 0.2) is 0 Å². The molecule has 18 heavy (non-hydrogen) atoms. The Hall–Kier alpha value is -0.420. The number of nitrogens with one attached hydrogen (secondary N) is 1. The highest BCUT2D eigenvalue weighted by atomic mass is 32.2. The molecule has 1 aliphatic heterocycles. The molecule has 0 saturated heterocycles. The monoisotopic (exact) mass is 282 g/mol. The summed E-state index contributed by atoms with van der Waals surface area (Å²) in [6.07, 6.45) is 6.78. The van der Waals surface area contributed by atoms with Gasteiger partial charge in [-0.15, -0.1) is 0 Å². The third kappa shape index (κ3) is 2.77. The molecule has 2 aliphatic rings. The Balaban J connectivity index is 1.66. The molecule has 1 N–H and O–H groups in total. The van der Waals surface area contributed by atoms with E-state index >= 15 is 0 Å². The fourth-order valence-corrected chi connectivity index (χ4v) is 4.84. The van der Waals surface area contributed by atoms with Gasteiger partial charge in [0, 0.05) is 22.3 Å². The number of H-pyrrole nitrogens is 1. The largest absolute Gasteiger partial charge is 0.310 e. The number of nitrogens with zero attached hydrogens (tertiary/aromatic N) is 1. The minimum absolute atomic E-state index is 0.0873. The first-order valence-corrected chi connectivity index (χ1v) is 8.83. The number of hydrogen-bond donors (Lipinski definition) is 1. The Kier molecular flexibility index (Phi) is 3.99. The van der Waals surface area contributed by atoms with E-state index in [0.29, 0.717) is 0 Å². The van der Waals surface area contributed by atoms with Crippen molar-refractivity contribution in [2.45, 2.75) is 54.6 Å². The molecule has 0 spiro atoms. The van der Waals surface area contributed by atoms with Crippen LogP contribution in [0.4, 0.5) is 0 Å². The Bertz CT molecular complexity index is 480. The van der Waals surface area contributed by atoms with Gasteiger partial charge in [-0.1, -0.05) is 19.3 Å². The van der Waals surface area contributed by atoms with Gasteiger partial charge in [-0.3, -0.25) is 4.79 Å². The number of fused-ring (bicyclic) bond motifs is 1. The van der Waals surface area contributed by atoms with Crippen LogP contribution in [-0.4, -0.2) is 15.2 Å². The van der Waals surface area contributed by atoms with Crippen LogP contribution in [0.5, 0.6) is 0 Å². The van der Waals surface area contributed by atoms with Gasteiger partial charge in [-0.05, 0) is 12.8 Å². The predicted octanol–water partition coefficient (Wildman–Crippen LogP) is 3.08. The van der Waals surface area contributed by atoms with E-state index in [4.69, 9.17) is 0 Å². The van der Waals surface area contributed by atoms with Gasteiger partial charge in [-0.2, -0.15) is 23.5 Å². The first kappa shape index (κ1) is 12.6. The SMILES string of the molecule is O=c1[nH]c(CSC2CCCCC2)nc2c1CSC2. The highest BCUT2D eigenvalue weighted by molar-refractivity contribution is 7.99. The van der Waals surface area contributed by atoms with Crippen molar-refractivity contribution in [1.29, 1.82) is 0 Å². The van der Waals surface area contributed by atoms with E-state index in [0.717, 1.165) is 39.6 Å². The summed E-state index contributed by atoms with van der Waals surface area (Å²) in [5.41, 5.74) is 2.00. The van der Waals surface area contributed by atoms with Crippen molar-refractivity contribution in [3.05, 3.63) is 27.4 Å². The molecule has 3 rings (SSSR count). The maximum absolute atomic E-state index is 11.9. The summed E-state index contributed by atoms with van der Waals surface area (Å²) >= 11 is 3.75. The third-order valence-electron chi connectivity index (χ3n) is 3.64. The summed E-state index contributed by atoms with van der Waals surface area (Å²) in [5.74, 6) is 3.46. The molecule has 3 nitrogen and oxygen atoms in total. The summed E-state index contributed by atoms with van der Waals surface area (Å²) in [6.45, 7) is 0. The van der Waals surface area contributed by atoms with E-state index in [1.165, 1.54) is 32.1 Å². The summed E-state index contributed by atoms with van der Waals surface area (Å²) in [5, 5.41) is 0.770. The topological polar surface area (TPSA) is 45.8 Å². The molecule has 2 heterocycles. The van der Waals surface area contributed by atoms with Crippen LogP contribution in [-0.2, 0) is 17.3 Å². The van der Waals surface area contributed by atoms with Crippen molar-refractivity contribution < 1.29 is 0 Å². The van der Waals surface area contributed by atoms with Gasteiger partial charge in [-0.25, -0.2) is 4.98 Å². The molecule has 1 aromatic heterocycles. The average Bonchev–Trinajstić information content (AvgIpc) is 2.86. The minimum Gasteiger partial charge on any atom is -0.310 e. The lowest BCUT2D eigenvalue weighted by Gasteiger charge is -2.20. The van der Waals surface area contributed by atoms with Crippen LogP contribution >= 0.6 is 23.5 Å². The molecule has 5 heteroatoms. The summed E-state index contributed by atoms with van der Waals surface area (Å²) in [6, 6.07) is 0.